The van der Waals surface area contributed by atoms with Gasteiger partial charge < -0.3 is 10.4 Å². The Bertz CT molecular complexity index is 497. The summed E-state index contributed by atoms with van der Waals surface area (Å²) >= 11 is 0.431. The van der Waals surface area contributed by atoms with Gasteiger partial charge in [-0.25, -0.2) is 0 Å². The molecule has 122 valence electrons. The zero-order chi connectivity index (χ0) is 16.5. The first-order chi connectivity index (χ1) is 10.4. The van der Waals surface area contributed by atoms with Gasteiger partial charge in [0.05, 0.1) is 13.1 Å². The summed E-state index contributed by atoms with van der Waals surface area (Å²) in [7, 11) is 0. The van der Waals surface area contributed by atoms with E-state index in [1.807, 2.05) is 6.92 Å². The number of nitrogens with zero attached hydrogens (tertiary/aromatic N) is 1. The number of halogens is 2. The number of carbonyl (C=O) groups excluding carboxylic acids is 1. The number of carboxylic acid groups (broad SMARTS) is 1. The third kappa shape index (κ3) is 7.37. The lowest BCUT2D eigenvalue weighted by Gasteiger charge is -2.18. The minimum atomic E-state index is -2.49. The molecule has 0 aliphatic rings. The van der Waals surface area contributed by atoms with Crippen LogP contribution in [0.15, 0.2) is 29.2 Å². The number of alkyl halides is 2. The number of nitrogens with one attached hydrogen (secondary N) is 1. The molecular weight excluding hydrogens is 314 g/mol. The summed E-state index contributed by atoms with van der Waals surface area (Å²) in [5, 5.41) is 11.4. The van der Waals surface area contributed by atoms with E-state index >= 15 is 0 Å². The lowest BCUT2D eigenvalue weighted by molar-refractivity contribution is -0.138. The van der Waals surface area contributed by atoms with Gasteiger partial charge in [0.1, 0.15) is 0 Å². The van der Waals surface area contributed by atoms with Crippen molar-refractivity contribution in [2.24, 2.45) is 0 Å². The number of carbonyl (C=O) groups is 2. The SMILES string of the molecule is CCCN(CC(=O)O)CC(=O)Nc1ccc(SC(F)F)cc1. The number of thioether (sulfide) groups is 1. The van der Waals surface area contributed by atoms with Gasteiger partial charge in [0, 0.05) is 10.6 Å². The molecule has 0 saturated heterocycles. The third-order valence-corrected chi connectivity index (χ3v) is 3.35. The Morgan fingerprint density at radius 3 is 2.41 bits per heavy atom. The molecule has 0 radical (unpaired) electrons. The van der Waals surface area contributed by atoms with Crippen LogP contribution in [0.25, 0.3) is 0 Å². The van der Waals surface area contributed by atoms with E-state index < -0.39 is 11.7 Å². The Balaban J connectivity index is 2.54. The Morgan fingerprint density at radius 2 is 1.91 bits per heavy atom. The Kier molecular flexibility index (Phi) is 7.83. The van der Waals surface area contributed by atoms with Crippen molar-refractivity contribution in [1.82, 2.24) is 4.90 Å². The van der Waals surface area contributed by atoms with Crippen LogP contribution < -0.4 is 5.32 Å². The highest BCUT2D eigenvalue weighted by Crippen LogP contribution is 2.26. The van der Waals surface area contributed by atoms with Gasteiger partial charge in [0.15, 0.2) is 0 Å². The van der Waals surface area contributed by atoms with Gasteiger partial charge in [0.25, 0.3) is 5.76 Å². The van der Waals surface area contributed by atoms with Crippen LogP contribution in [-0.4, -0.2) is 47.3 Å². The smallest absolute Gasteiger partial charge is 0.317 e. The maximum Gasteiger partial charge on any atom is 0.317 e. The Hall–Kier alpha value is -1.67. The number of hydrogen-bond acceptors (Lipinski definition) is 4. The number of carboxylic acids is 1. The second-order valence-electron chi connectivity index (χ2n) is 4.56. The molecule has 0 saturated carbocycles. The number of anilines is 1. The monoisotopic (exact) mass is 332 g/mol. The second-order valence-corrected chi connectivity index (χ2v) is 5.62. The fourth-order valence-electron chi connectivity index (χ4n) is 1.84. The molecule has 22 heavy (non-hydrogen) atoms. The minimum Gasteiger partial charge on any atom is -0.480 e. The van der Waals surface area contributed by atoms with Crippen molar-refractivity contribution in [2.75, 3.05) is 25.0 Å². The van der Waals surface area contributed by atoms with Crippen LogP contribution >= 0.6 is 11.8 Å². The second kappa shape index (κ2) is 9.37. The van der Waals surface area contributed by atoms with Crippen molar-refractivity contribution in [3.05, 3.63) is 24.3 Å². The van der Waals surface area contributed by atoms with Crippen molar-refractivity contribution in [2.45, 2.75) is 24.0 Å². The molecule has 1 amide bonds. The molecule has 0 aromatic heterocycles. The summed E-state index contributed by atoms with van der Waals surface area (Å²) in [6.45, 7) is 2.16. The zero-order valence-electron chi connectivity index (χ0n) is 12.1. The van der Waals surface area contributed by atoms with Gasteiger partial charge in [-0.1, -0.05) is 18.7 Å². The van der Waals surface area contributed by atoms with Crippen LogP contribution in [0.2, 0.25) is 0 Å². The normalized spacial score (nSPS) is 11.0. The molecule has 0 unspecified atom stereocenters. The molecule has 0 aliphatic carbocycles. The van der Waals surface area contributed by atoms with Gasteiger partial charge in [-0.3, -0.25) is 14.5 Å². The van der Waals surface area contributed by atoms with Crippen molar-refractivity contribution in [3.8, 4) is 0 Å². The van der Waals surface area contributed by atoms with Crippen LogP contribution in [0.4, 0.5) is 14.5 Å². The van der Waals surface area contributed by atoms with Crippen molar-refractivity contribution in [3.63, 3.8) is 0 Å². The summed E-state index contributed by atoms with van der Waals surface area (Å²) in [6.07, 6.45) is 0.736. The van der Waals surface area contributed by atoms with Gasteiger partial charge >= 0.3 is 5.97 Å². The molecule has 5 nitrogen and oxygen atoms in total. The van der Waals surface area contributed by atoms with E-state index in [1.165, 1.54) is 29.2 Å². The van der Waals surface area contributed by atoms with Crippen LogP contribution in [0.5, 0.6) is 0 Å². The molecule has 0 spiro atoms. The molecule has 0 heterocycles. The summed E-state index contributed by atoms with van der Waals surface area (Å²) in [4.78, 5) is 24.5. The van der Waals surface area contributed by atoms with Gasteiger partial charge in [-0.2, -0.15) is 8.78 Å². The number of benzene rings is 1. The topological polar surface area (TPSA) is 69.6 Å². The van der Waals surface area contributed by atoms with Crippen LogP contribution in [0.1, 0.15) is 13.3 Å². The number of aliphatic carboxylic acids is 1. The van der Waals surface area contributed by atoms with Crippen LogP contribution in [0, 0.1) is 0 Å². The van der Waals surface area contributed by atoms with Gasteiger partial charge in [-0.05, 0) is 37.2 Å². The van der Waals surface area contributed by atoms with Crippen LogP contribution in [0.3, 0.4) is 0 Å². The highest BCUT2D eigenvalue weighted by molar-refractivity contribution is 7.99. The molecule has 0 fully saturated rings. The molecule has 0 bridgehead atoms. The zero-order valence-corrected chi connectivity index (χ0v) is 12.9. The molecule has 1 aromatic rings. The maximum absolute atomic E-state index is 12.2. The lowest BCUT2D eigenvalue weighted by Crippen LogP contribution is -2.37. The summed E-state index contributed by atoms with van der Waals surface area (Å²) in [5.74, 6) is -3.82. The average molecular weight is 332 g/mol. The largest absolute Gasteiger partial charge is 0.480 e. The van der Waals surface area contributed by atoms with Crippen molar-refractivity contribution in [1.29, 1.82) is 0 Å². The molecule has 0 aliphatic heterocycles. The number of rotatable bonds is 9. The van der Waals surface area contributed by atoms with E-state index in [0.717, 1.165) is 6.42 Å². The highest BCUT2D eigenvalue weighted by Gasteiger charge is 2.13. The van der Waals surface area contributed by atoms with Gasteiger partial charge in [0.2, 0.25) is 5.91 Å². The minimum absolute atomic E-state index is 0.0341. The van der Waals surface area contributed by atoms with E-state index in [2.05, 4.69) is 5.32 Å². The predicted octanol–water partition coefficient (Wildman–Crippen LogP) is 2.74. The third-order valence-electron chi connectivity index (χ3n) is 2.63. The molecule has 1 rings (SSSR count). The Labute approximate surface area is 131 Å². The number of hydrogen-bond donors (Lipinski definition) is 2. The van der Waals surface area contributed by atoms with E-state index in [1.54, 1.807) is 0 Å². The van der Waals surface area contributed by atoms with E-state index in [4.69, 9.17) is 5.11 Å². The first kappa shape index (κ1) is 18.4. The average Bonchev–Trinajstić information content (AvgIpc) is 2.40. The Morgan fingerprint density at radius 1 is 1.27 bits per heavy atom. The van der Waals surface area contributed by atoms with Gasteiger partial charge in [-0.15, -0.1) is 0 Å². The van der Waals surface area contributed by atoms with Crippen LogP contribution in [-0.2, 0) is 9.59 Å². The molecule has 1 aromatic carbocycles. The molecule has 8 heteroatoms. The fraction of sp³-hybridized carbons (Fsp3) is 0.429. The summed E-state index contributed by atoms with van der Waals surface area (Å²) < 4.78 is 24.4. The summed E-state index contributed by atoms with van der Waals surface area (Å²) in [6, 6.07) is 6.05. The predicted molar refractivity (Wildman–Crippen MR) is 81.3 cm³/mol. The van der Waals surface area contributed by atoms with E-state index in [0.29, 0.717) is 28.9 Å². The standard InChI is InChI=1S/C14H18F2N2O3S/c1-2-7-18(9-13(20)21)8-12(19)17-10-3-5-11(6-4-10)22-14(15)16/h3-6,14H,2,7-9H2,1H3,(H,17,19)(H,20,21). The first-order valence-corrected chi connectivity index (χ1v) is 7.57. The number of amides is 1. The first-order valence-electron chi connectivity index (χ1n) is 6.69. The van der Waals surface area contributed by atoms with Crippen molar-refractivity contribution < 1.29 is 23.5 Å². The summed E-state index contributed by atoms with van der Waals surface area (Å²) in [5.41, 5.74) is 0.482. The quantitative estimate of drug-likeness (QED) is 0.681. The van der Waals surface area contributed by atoms with E-state index in [9.17, 15) is 18.4 Å². The maximum atomic E-state index is 12.2. The molecular formula is C14H18F2N2O3S. The molecule has 2 N–H and O–H groups in total. The van der Waals surface area contributed by atoms with E-state index in [-0.39, 0.29) is 19.0 Å². The van der Waals surface area contributed by atoms with Crippen molar-refractivity contribution >= 4 is 29.3 Å². The lowest BCUT2D eigenvalue weighted by atomic mass is 10.3. The molecule has 0 atom stereocenters. The fourth-order valence-corrected chi connectivity index (χ4v) is 2.34. The highest BCUT2D eigenvalue weighted by atomic mass is 32.2.